The monoisotopic (exact) mass is 304 g/mol. The summed E-state index contributed by atoms with van der Waals surface area (Å²) in [7, 11) is 0. The standard InChI is InChI=1S/C17H24N2O3/c1-13(2)7-8-16(20)19-9-3-5-14(12-19)11-18-17(21)15-6-4-10-22-15/h4,6-8,10,13-14H,3,5,9,11-12H2,1-2H3,(H,18,21). The number of allylic oxidation sites excluding steroid dienone is 1. The van der Waals surface area contributed by atoms with Crippen LogP contribution in [0.2, 0.25) is 0 Å². The second-order valence-electron chi connectivity index (χ2n) is 6.08. The molecule has 1 aromatic heterocycles. The molecule has 1 saturated heterocycles. The summed E-state index contributed by atoms with van der Waals surface area (Å²) in [6.07, 6.45) is 7.06. The summed E-state index contributed by atoms with van der Waals surface area (Å²) in [5.74, 6) is 0.855. The zero-order valence-corrected chi connectivity index (χ0v) is 13.2. The van der Waals surface area contributed by atoms with E-state index >= 15 is 0 Å². The first kappa shape index (κ1) is 16.3. The average Bonchev–Trinajstić information content (AvgIpc) is 3.05. The van der Waals surface area contributed by atoms with Crippen molar-refractivity contribution < 1.29 is 14.0 Å². The van der Waals surface area contributed by atoms with Crippen LogP contribution >= 0.6 is 0 Å². The summed E-state index contributed by atoms with van der Waals surface area (Å²) in [6, 6.07) is 3.33. The molecule has 2 amide bonds. The van der Waals surface area contributed by atoms with Crippen molar-refractivity contribution in [2.24, 2.45) is 11.8 Å². The molecule has 5 nitrogen and oxygen atoms in total. The first-order chi connectivity index (χ1) is 10.6. The predicted octanol–water partition coefficient (Wildman–Crippen LogP) is 2.46. The lowest BCUT2D eigenvalue weighted by molar-refractivity contribution is -0.127. The van der Waals surface area contributed by atoms with Gasteiger partial charge in [0.2, 0.25) is 5.91 Å². The maximum atomic E-state index is 12.1. The number of nitrogens with one attached hydrogen (secondary N) is 1. The molecule has 1 aliphatic heterocycles. The van der Waals surface area contributed by atoms with Crippen molar-refractivity contribution in [2.75, 3.05) is 19.6 Å². The normalized spacial score (nSPS) is 18.9. The summed E-state index contributed by atoms with van der Waals surface area (Å²) in [5.41, 5.74) is 0. The highest BCUT2D eigenvalue weighted by Crippen LogP contribution is 2.16. The molecular weight excluding hydrogens is 280 g/mol. The quantitative estimate of drug-likeness (QED) is 0.850. The zero-order chi connectivity index (χ0) is 15.9. The predicted molar refractivity (Wildman–Crippen MR) is 84.3 cm³/mol. The third-order valence-electron chi connectivity index (χ3n) is 3.75. The van der Waals surface area contributed by atoms with Gasteiger partial charge in [-0.05, 0) is 42.9 Å². The Labute approximate surface area is 131 Å². The Morgan fingerprint density at radius 2 is 2.32 bits per heavy atom. The highest BCUT2D eigenvalue weighted by molar-refractivity contribution is 5.91. The SMILES string of the molecule is CC(C)C=CC(=O)N1CCCC(CNC(=O)c2ccco2)C1. The minimum absolute atomic E-state index is 0.0655. The van der Waals surface area contributed by atoms with Gasteiger partial charge >= 0.3 is 0 Å². The van der Waals surface area contributed by atoms with Crippen molar-refractivity contribution in [2.45, 2.75) is 26.7 Å². The summed E-state index contributed by atoms with van der Waals surface area (Å²) >= 11 is 0. The van der Waals surface area contributed by atoms with E-state index < -0.39 is 0 Å². The first-order valence-electron chi connectivity index (χ1n) is 7.85. The maximum Gasteiger partial charge on any atom is 0.286 e. The van der Waals surface area contributed by atoms with Gasteiger partial charge in [-0.1, -0.05) is 19.9 Å². The van der Waals surface area contributed by atoms with Crippen LogP contribution in [0.25, 0.3) is 0 Å². The molecule has 0 spiro atoms. The van der Waals surface area contributed by atoms with Crippen molar-refractivity contribution in [3.8, 4) is 0 Å². The van der Waals surface area contributed by atoms with Crippen LogP contribution in [0.15, 0.2) is 35.0 Å². The zero-order valence-electron chi connectivity index (χ0n) is 13.2. The Hall–Kier alpha value is -2.04. The van der Waals surface area contributed by atoms with Crippen LogP contribution in [0, 0.1) is 11.8 Å². The van der Waals surface area contributed by atoms with E-state index in [1.165, 1.54) is 6.26 Å². The summed E-state index contributed by atoms with van der Waals surface area (Å²) < 4.78 is 5.06. The van der Waals surface area contributed by atoms with Gasteiger partial charge in [0, 0.05) is 19.6 Å². The Balaban J connectivity index is 1.80. The van der Waals surface area contributed by atoms with Gasteiger partial charge in [0.25, 0.3) is 5.91 Å². The molecule has 1 aliphatic rings. The summed E-state index contributed by atoms with van der Waals surface area (Å²) in [6.45, 7) is 6.15. The second kappa shape index (κ2) is 7.82. The van der Waals surface area contributed by atoms with E-state index in [-0.39, 0.29) is 11.8 Å². The van der Waals surface area contributed by atoms with Crippen molar-refractivity contribution in [3.63, 3.8) is 0 Å². The third kappa shape index (κ3) is 4.76. The lowest BCUT2D eigenvalue weighted by Crippen LogP contribution is -2.43. The molecule has 2 heterocycles. The molecule has 5 heteroatoms. The second-order valence-corrected chi connectivity index (χ2v) is 6.08. The number of hydrogen-bond donors (Lipinski definition) is 1. The number of piperidine rings is 1. The lowest BCUT2D eigenvalue weighted by atomic mass is 9.97. The topological polar surface area (TPSA) is 62.6 Å². The summed E-state index contributed by atoms with van der Waals surface area (Å²) in [5, 5.41) is 2.88. The number of furan rings is 1. The van der Waals surface area contributed by atoms with E-state index in [2.05, 4.69) is 5.32 Å². The number of rotatable bonds is 5. The van der Waals surface area contributed by atoms with Crippen molar-refractivity contribution >= 4 is 11.8 Å². The van der Waals surface area contributed by atoms with Crippen LogP contribution in [0.1, 0.15) is 37.2 Å². The molecular formula is C17H24N2O3. The molecule has 0 radical (unpaired) electrons. The number of amides is 2. The minimum atomic E-state index is -0.201. The minimum Gasteiger partial charge on any atom is -0.459 e. The smallest absolute Gasteiger partial charge is 0.286 e. The van der Waals surface area contributed by atoms with E-state index in [4.69, 9.17) is 4.42 Å². The largest absolute Gasteiger partial charge is 0.459 e. The molecule has 2 rings (SSSR count). The van der Waals surface area contributed by atoms with E-state index in [1.807, 2.05) is 24.8 Å². The molecule has 22 heavy (non-hydrogen) atoms. The van der Waals surface area contributed by atoms with Crippen molar-refractivity contribution in [1.29, 1.82) is 0 Å². The molecule has 1 aromatic rings. The van der Waals surface area contributed by atoms with Gasteiger partial charge in [0.15, 0.2) is 5.76 Å². The van der Waals surface area contributed by atoms with Gasteiger partial charge in [-0.3, -0.25) is 9.59 Å². The Kier molecular flexibility index (Phi) is 5.81. The van der Waals surface area contributed by atoms with Gasteiger partial charge in [-0.25, -0.2) is 0 Å². The van der Waals surface area contributed by atoms with Gasteiger partial charge in [-0.2, -0.15) is 0 Å². The van der Waals surface area contributed by atoms with E-state index in [1.54, 1.807) is 18.2 Å². The van der Waals surface area contributed by atoms with Crippen molar-refractivity contribution in [3.05, 3.63) is 36.3 Å². The first-order valence-corrected chi connectivity index (χ1v) is 7.85. The fraction of sp³-hybridized carbons (Fsp3) is 0.529. The van der Waals surface area contributed by atoms with E-state index in [0.717, 1.165) is 19.4 Å². The number of carbonyl (C=O) groups excluding carboxylic acids is 2. The van der Waals surface area contributed by atoms with Crippen LogP contribution in [-0.4, -0.2) is 36.3 Å². The fourth-order valence-corrected chi connectivity index (χ4v) is 2.54. The number of hydrogen-bond acceptors (Lipinski definition) is 3. The third-order valence-corrected chi connectivity index (χ3v) is 3.75. The molecule has 0 aromatic carbocycles. The van der Waals surface area contributed by atoms with Crippen LogP contribution < -0.4 is 5.32 Å². The van der Waals surface area contributed by atoms with Gasteiger partial charge < -0.3 is 14.6 Å². The highest BCUT2D eigenvalue weighted by Gasteiger charge is 2.23. The van der Waals surface area contributed by atoms with Crippen LogP contribution in [0.3, 0.4) is 0 Å². The van der Waals surface area contributed by atoms with Crippen LogP contribution in [0.4, 0.5) is 0 Å². The highest BCUT2D eigenvalue weighted by atomic mass is 16.3. The maximum absolute atomic E-state index is 12.1. The Morgan fingerprint density at radius 3 is 3.00 bits per heavy atom. The van der Waals surface area contributed by atoms with Crippen molar-refractivity contribution in [1.82, 2.24) is 10.2 Å². The number of carbonyl (C=O) groups is 2. The van der Waals surface area contributed by atoms with E-state index in [9.17, 15) is 9.59 Å². The molecule has 1 fully saturated rings. The van der Waals surface area contributed by atoms with Crippen LogP contribution in [-0.2, 0) is 4.79 Å². The molecule has 0 saturated carbocycles. The molecule has 1 unspecified atom stereocenters. The van der Waals surface area contributed by atoms with E-state index in [0.29, 0.717) is 30.7 Å². The van der Waals surface area contributed by atoms with Crippen LogP contribution in [0.5, 0.6) is 0 Å². The average molecular weight is 304 g/mol. The van der Waals surface area contributed by atoms with Gasteiger partial charge in [-0.15, -0.1) is 0 Å². The van der Waals surface area contributed by atoms with Gasteiger partial charge in [0.05, 0.1) is 6.26 Å². The molecule has 120 valence electrons. The number of nitrogens with zero attached hydrogens (tertiary/aromatic N) is 1. The lowest BCUT2D eigenvalue weighted by Gasteiger charge is -2.32. The summed E-state index contributed by atoms with van der Waals surface area (Å²) in [4.78, 5) is 25.8. The van der Waals surface area contributed by atoms with Gasteiger partial charge in [0.1, 0.15) is 0 Å². The molecule has 0 bridgehead atoms. The fourth-order valence-electron chi connectivity index (χ4n) is 2.54. The Morgan fingerprint density at radius 1 is 1.50 bits per heavy atom. The molecule has 1 N–H and O–H groups in total. The molecule has 0 aliphatic carbocycles. The molecule has 1 atom stereocenters. The Bertz CT molecular complexity index is 520. The number of likely N-dealkylation sites (tertiary alicyclic amines) is 1.